The van der Waals surface area contributed by atoms with Crippen LogP contribution >= 0.6 is 12.2 Å². The zero-order valence-electron chi connectivity index (χ0n) is 8.76. The van der Waals surface area contributed by atoms with Gasteiger partial charge in [0.05, 0.1) is 7.11 Å². The maximum absolute atomic E-state index is 5.24. The molecular weight excluding hydrogens is 194 g/mol. The Balaban J connectivity index is 3.07. The van der Waals surface area contributed by atoms with Gasteiger partial charge >= 0.3 is 0 Å². The molecule has 76 valence electrons. The number of benzene rings is 1. The summed E-state index contributed by atoms with van der Waals surface area (Å²) in [6.07, 6.45) is 0.948. The van der Waals surface area contributed by atoms with E-state index in [1.165, 1.54) is 5.56 Å². The molecule has 0 aliphatic carbocycles. The minimum Gasteiger partial charge on any atom is -0.496 e. The van der Waals surface area contributed by atoms with Gasteiger partial charge in [-0.25, -0.2) is 0 Å². The van der Waals surface area contributed by atoms with Crippen molar-refractivity contribution in [2.75, 3.05) is 14.2 Å². The summed E-state index contributed by atoms with van der Waals surface area (Å²) in [6.45, 7) is 2.10. The Hall–Kier alpha value is -1.09. The zero-order valence-corrected chi connectivity index (χ0v) is 9.57. The topological polar surface area (TPSA) is 21.3 Å². The second kappa shape index (κ2) is 4.96. The van der Waals surface area contributed by atoms with E-state index in [1.807, 2.05) is 19.2 Å². The van der Waals surface area contributed by atoms with Gasteiger partial charge in [0.25, 0.3) is 0 Å². The average molecular weight is 209 g/mol. The molecule has 2 nitrogen and oxygen atoms in total. The quantitative estimate of drug-likeness (QED) is 0.771. The molecule has 0 aliphatic rings. The van der Waals surface area contributed by atoms with Crippen LogP contribution in [0.3, 0.4) is 0 Å². The van der Waals surface area contributed by atoms with Gasteiger partial charge in [0.2, 0.25) is 0 Å². The van der Waals surface area contributed by atoms with E-state index in [4.69, 9.17) is 17.0 Å². The van der Waals surface area contributed by atoms with Crippen LogP contribution in [0.5, 0.6) is 5.75 Å². The lowest BCUT2D eigenvalue weighted by Gasteiger charge is -2.09. The fourth-order valence-electron chi connectivity index (χ4n) is 1.34. The summed E-state index contributed by atoms with van der Waals surface area (Å²) in [4.78, 5) is 0.766. The van der Waals surface area contributed by atoms with Crippen molar-refractivity contribution in [3.63, 3.8) is 0 Å². The van der Waals surface area contributed by atoms with E-state index in [-0.39, 0.29) is 0 Å². The van der Waals surface area contributed by atoms with Gasteiger partial charge in [-0.3, -0.25) is 0 Å². The standard InChI is InChI=1S/C11H15NOS/c1-4-8-7-9(11(14)12-2)5-6-10(8)13-3/h5-7H,4H2,1-3H3,(H,12,14). The van der Waals surface area contributed by atoms with Crippen molar-refractivity contribution in [2.24, 2.45) is 0 Å². The molecule has 1 N–H and O–H groups in total. The molecule has 14 heavy (non-hydrogen) atoms. The molecule has 1 rings (SSSR count). The van der Waals surface area contributed by atoms with Gasteiger partial charge in [0.1, 0.15) is 10.7 Å². The van der Waals surface area contributed by atoms with E-state index < -0.39 is 0 Å². The van der Waals surface area contributed by atoms with Crippen LogP contribution in [0.2, 0.25) is 0 Å². The molecule has 0 aromatic heterocycles. The second-order valence-corrected chi connectivity index (χ2v) is 3.37. The van der Waals surface area contributed by atoms with Gasteiger partial charge in [-0.2, -0.15) is 0 Å². The van der Waals surface area contributed by atoms with Crippen LogP contribution in [0.1, 0.15) is 18.1 Å². The first kappa shape index (κ1) is 11.0. The minimum atomic E-state index is 0.766. The number of hydrogen-bond donors (Lipinski definition) is 1. The van der Waals surface area contributed by atoms with Crippen molar-refractivity contribution in [3.8, 4) is 5.75 Å². The highest BCUT2D eigenvalue weighted by Gasteiger charge is 2.04. The highest BCUT2D eigenvalue weighted by Crippen LogP contribution is 2.20. The maximum atomic E-state index is 5.24. The molecular formula is C11H15NOS. The Bertz CT molecular complexity index is 336. The lowest BCUT2D eigenvalue weighted by atomic mass is 10.1. The summed E-state index contributed by atoms with van der Waals surface area (Å²) in [5.41, 5.74) is 2.22. The SMILES string of the molecule is CCc1cc(C(=S)NC)ccc1OC. The van der Waals surface area contributed by atoms with E-state index in [2.05, 4.69) is 18.3 Å². The molecule has 0 fully saturated rings. The number of hydrogen-bond acceptors (Lipinski definition) is 2. The molecule has 0 bridgehead atoms. The van der Waals surface area contributed by atoms with Gasteiger partial charge < -0.3 is 10.1 Å². The summed E-state index contributed by atoms with van der Waals surface area (Å²) in [7, 11) is 3.52. The van der Waals surface area contributed by atoms with Crippen molar-refractivity contribution in [3.05, 3.63) is 29.3 Å². The number of nitrogens with one attached hydrogen (secondary N) is 1. The Morgan fingerprint density at radius 3 is 2.71 bits per heavy atom. The summed E-state index contributed by atoms with van der Waals surface area (Å²) >= 11 is 5.16. The maximum Gasteiger partial charge on any atom is 0.122 e. The number of ether oxygens (including phenoxy) is 1. The van der Waals surface area contributed by atoms with Crippen molar-refractivity contribution in [1.82, 2.24) is 5.32 Å². The van der Waals surface area contributed by atoms with E-state index >= 15 is 0 Å². The summed E-state index contributed by atoms with van der Waals surface area (Å²) in [5.74, 6) is 0.926. The van der Waals surface area contributed by atoms with E-state index in [0.29, 0.717) is 0 Å². The molecule has 0 amide bonds. The number of thiocarbonyl (C=S) groups is 1. The van der Waals surface area contributed by atoms with Gasteiger partial charge in [-0.05, 0) is 30.2 Å². The van der Waals surface area contributed by atoms with Crippen LogP contribution in [0.25, 0.3) is 0 Å². The van der Waals surface area contributed by atoms with Crippen LogP contribution < -0.4 is 10.1 Å². The van der Waals surface area contributed by atoms with Crippen LogP contribution in [-0.2, 0) is 6.42 Å². The molecule has 0 saturated carbocycles. The van der Waals surface area contributed by atoms with Crippen molar-refractivity contribution in [2.45, 2.75) is 13.3 Å². The first-order valence-corrected chi connectivity index (χ1v) is 5.02. The normalized spacial score (nSPS) is 9.64. The molecule has 3 heteroatoms. The van der Waals surface area contributed by atoms with Crippen LogP contribution in [0.15, 0.2) is 18.2 Å². The fraction of sp³-hybridized carbons (Fsp3) is 0.364. The fourth-order valence-corrected chi connectivity index (χ4v) is 1.47. The summed E-state index contributed by atoms with van der Waals surface area (Å²) in [6, 6.07) is 5.99. The minimum absolute atomic E-state index is 0.766. The van der Waals surface area contributed by atoms with E-state index in [1.54, 1.807) is 7.11 Å². The third kappa shape index (κ3) is 2.23. The summed E-state index contributed by atoms with van der Waals surface area (Å²) in [5, 5.41) is 2.96. The monoisotopic (exact) mass is 209 g/mol. The molecule has 1 aromatic rings. The zero-order chi connectivity index (χ0) is 10.6. The summed E-state index contributed by atoms with van der Waals surface area (Å²) < 4.78 is 5.24. The van der Waals surface area contributed by atoms with Crippen LogP contribution in [0, 0.1) is 0 Å². The molecule has 0 heterocycles. The number of rotatable bonds is 3. The average Bonchev–Trinajstić information content (AvgIpc) is 2.26. The molecule has 0 aliphatic heterocycles. The van der Waals surface area contributed by atoms with Gasteiger partial charge in [0, 0.05) is 12.6 Å². The first-order valence-electron chi connectivity index (χ1n) is 4.62. The molecule has 0 radical (unpaired) electrons. The highest BCUT2D eigenvalue weighted by molar-refractivity contribution is 7.80. The highest BCUT2D eigenvalue weighted by atomic mass is 32.1. The van der Waals surface area contributed by atoms with Gasteiger partial charge in [-0.15, -0.1) is 0 Å². The Morgan fingerprint density at radius 1 is 1.50 bits per heavy atom. The third-order valence-electron chi connectivity index (χ3n) is 2.15. The van der Waals surface area contributed by atoms with Gasteiger partial charge in [-0.1, -0.05) is 19.1 Å². The lowest BCUT2D eigenvalue weighted by Crippen LogP contribution is -2.16. The Labute approximate surface area is 90.3 Å². The van der Waals surface area contributed by atoms with Crippen molar-refractivity contribution < 1.29 is 4.74 Å². The van der Waals surface area contributed by atoms with Gasteiger partial charge in [0.15, 0.2) is 0 Å². The van der Waals surface area contributed by atoms with E-state index in [0.717, 1.165) is 22.7 Å². The Morgan fingerprint density at radius 2 is 2.21 bits per heavy atom. The second-order valence-electron chi connectivity index (χ2n) is 2.96. The van der Waals surface area contributed by atoms with Crippen LogP contribution in [-0.4, -0.2) is 19.1 Å². The van der Waals surface area contributed by atoms with Crippen LogP contribution in [0.4, 0.5) is 0 Å². The lowest BCUT2D eigenvalue weighted by molar-refractivity contribution is 0.410. The van der Waals surface area contributed by atoms with Crippen molar-refractivity contribution in [1.29, 1.82) is 0 Å². The van der Waals surface area contributed by atoms with Crippen molar-refractivity contribution >= 4 is 17.2 Å². The first-order chi connectivity index (χ1) is 6.72. The molecule has 0 spiro atoms. The number of aryl methyl sites for hydroxylation is 1. The number of methoxy groups -OCH3 is 1. The third-order valence-corrected chi connectivity index (χ3v) is 2.59. The largest absolute Gasteiger partial charge is 0.496 e. The molecule has 1 aromatic carbocycles. The predicted molar refractivity (Wildman–Crippen MR) is 63.1 cm³/mol. The van der Waals surface area contributed by atoms with E-state index in [9.17, 15) is 0 Å². The molecule has 0 saturated heterocycles. The molecule has 0 unspecified atom stereocenters. The Kier molecular flexibility index (Phi) is 3.89. The molecule has 0 atom stereocenters. The predicted octanol–water partition coefficient (Wildman–Crippen LogP) is 2.15. The smallest absolute Gasteiger partial charge is 0.122 e.